The van der Waals surface area contributed by atoms with E-state index in [1.165, 1.54) is 0 Å². The van der Waals surface area contributed by atoms with Crippen molar-refractivity contribution in [2.45, 2.75) is 19.4 Å². The van der Waals surface area contributed by atoms with E-state index in [1.54, 1.807) is 6.92 Å². The largest absolute Gasteiger partial charge is 0.322 e. The van der Waals surface area contributed by atoms with E-state index in [0.717, 1.165) is 0 Å². The molecular formula is C10H11F3N2O. The van der Waals surface area contributed by atoms with E-state index in [-0.39, 0.29) is 0 Å². The van der Waals surface area contributed by atoms with Crippen molar-refractivity contribution in [3.8, 4) is 0 Å². The lowest BCUT2D eigenvalue weighted by Crippen LogP contribution is -2.35. The van der Waals surface area contributed by atoms with E-state index in [4.69, 9.17) is 5.73 Å². The minimum Gasteiger partial charge on any atom is -0.322 e. The first kappa shape index (κ1) is 12.5. The van der Waals surface area contributed by atoms with E-state index in [0.29, 0.717) is 18.6 Å². The van der Waals surface area contributed by atoms with Crippen molar-refractivity contribution >= 4 is 11.6 Å². The summed E-state index contributed by atoms with van der Waals surface area (Å²) in [5.74, 6) is -4.33. The molecule has 1 atom stereocenters. The van der Waals surface area contributed by atoms with E-state index in [9.17, 15) is 18.0 Å². The lowest BCUT2D eigenvalue weighted by atomic mass is 10.2. The highest BCUT2D eigenvalue weighted by Gasteiger charge is 2.16. The third-order valence-electron chi connectivity index (χ3n) is 2.03. The molecule has 1 aromatic rings. The Morgan fingerprint density at radius 2 is 2.06 bits per heavy atom. The van der Waals surface area contributed by atoms with Crippen LogP contribution in [0.3, 0.4) is 0 Å². The Hall–Kier alpha value is -1.56. The van der Waals surface area contributed by atoms with Crippen molar-refractivity contribution in [1.29, 1.82) is 0 Å². The van der Waals surface area contributed by atoms with Crippen LogP contribution in [0.1, 0.15) is 13.3 Å². The molecule has 0 fully saturated rings. The first-order valence-corrected chi connectivity index (χ1v) is 4.66. The van der Waals surface area contributed by atoms with E-state index in [1.807, 2.05) is 5.32 Å². The summed E-state index contributed by atoms with van der Waals surface area (Å²) in [6.07, 6.45) is 0.339. The summed E-state index contributed by atoms with van der Waals surface area (Å²) >= 11 is 0. The van der Waals surface area contributed by atoms with Gasteiger partial charge in [-0.25, -0.2) is 13.2 Å². The van der Waals surface area contributed by atoms with Gasteiger partial charge in [0.05, 0.1) is 11.7 Å². The molecule has 1 amide bonds. The summed E-state index contributed by atoms with van der Waals surface area (Å²) in [6.45, 7) is 1.66. The minimum absolute atomic E-state index is 0.339. The zero-order chi connectivity index (χ0) is 12.3. The highest BCUT2D eigenvalue weighted by molar-refractivity contribution is 5.94. The second-order valence-electron chi connectivity index (χ2n) is 3.25. The maximum atomic E-state index is 13.1. The molecule has 3 nitrogen and oxygen atoms in total. The first-order chi connectivity index (χ1) is 7.45. The van der Waals surface area contributed by atoms with Crippen LogP contribution in [0.25, 0.3) is 0 Å². The number of halogens is 3. The van der Waals surface area contributed by atoms with Crippen molar-refractivity contribution in [1.82, 2.24) is 0 Å². The molecule has 0 aliphatic heterocycles. The molecule has 0 aromatic heterocycles. The van der Waals surface area contributed by atoms with Crippen LogP contribution in [-0.4, -0.2) is 11.9 Å². The monoisotopic (exact) mass is 232 g/mol. The van der Waals surface area contributed by atoms with Crippen LogP contribution in [0.15, 0.2) is 12.1 Å². The van der Waals surface area contributed by atoms with Crippen molar-refractivity contribution in [3.05, 3.63) is 29.6 Å². The smallest absolute Gasteiger partial charge is 0.241 e. The molecule has 0 heterocycles. The lowest BCUT2D eigenvalue weighted by Gasteiger charge is -2.11. The molecule has 1 aromatic carbocycles. The molecule has 0 unspecified atom stereocenters. The molecule has 1 rings (SSSR count). The van der Waals surface area contributed by atoms with Gasteiger partial charge in [0, 0.05) is 12.1 Å². The SMILES string of the molecule is CC[C@H](N)C(=O)Nc1cc(F)cc(F)c1F. The average molecular weight is 232 g/mol. The number of carbonyl (C=O) groups is 1. The maximum Gasteiger partial charge on any atom is 0.241 e. The molecule has 0 bridgehead atoms. The normalized spacial score (nSPS) is 12.3. The van der Waals surface area contributed by atoms with Crippen molar-refractivity contribution in [3.63, 3.8) is 0 Å². The minimum atomic E-state index is -1.36. The van der Waals surface area contributed by atoms with Crippen molar-refractivity contribution in [2.24, 2.45) is 5.73 Å². The third-order valence-corrected chi connectivity index (χ3v) is 2.03. The first-order valence-electron chi connectivity index (χ1n) is 4.66. The van der Waals surface area contributed by atoms with Gasteiger partial charge in [0.1, 0.15) is 5.82 Å². The topological polar surface area (TPSA) is 55.1 Å². The molecule has 16 heavy (non-hydrogen) atoms. The van der Waals surface area contributed by atoms with Crippen LogP contribution < -0.4 is 11.1 Å². The van der Waals surface area contributed by atoms with Gasteiger partial charge in [-0.15, -0.1) is 0 Å². The molecule has 0 aliphatic carbocycles. The van der Waals surface area contributed by atoms with Crippen LogP contribution in [0, 0.1) is 17.5 Å². The van der Waals surface area contributed by atoms with Crippen LogP contribution >= 0.6 is 0 Å². The zero-order valence-corrected chi connectivity index (χ0v) is 8.56. The molecule has 88 valence electrons. The quantitative estimate of drug-likeness (QED) is 0.780. The summed E-state index contributed by atoms with van der Waals surface area (Å²) in [6, 6.07) is 0.245. The van der Waals surface area contributed by atoms with Gasteiger partial charge in [0.25, 0.3) is 0 Å². The highest BCUT2D eigenvalue weighted by Crippen LogP contribution is 2.19. The van der Waals surface area contributed by atoms with Gasteiger partial charge in [-0.05, 0) is 6.42 Å². The Kier molecular flexibility index (Phi) is 3.89. The fourth-order valence-corrected chi connectivity index (χ4v) is 1.06. The third kappa shape index (κ3) is 2.73. The predicted octanol–water partition coefficient (Wildman–Crippen LogP) is 1.78. The van der Waals surface area contributed by atoms with E-state index < -0.39 is 35.1 Å². The molecule has 0 radical (unpaired) electrons. The molecule has 0 spiro atoms. The van der Waals surface area contributed by atoms with Crippen molar-refractivity contribution in [2.75, 3.05) is 5.32 Å². The number of carbonyl (C=O) groups excluding carboxylic acids is 1. The molecule has 0 aliphatic rings. The second kappa shape index (κ2) is 4.98. The molecule has 0 saturated carbocycles. The Morgan fingerprint density at radius 1 is 1.44 bits per heavy atom. The van der Waals surface area contributed by atoms with Crippen molar-refractivity contribution < 1.29 is 18.0 Å². The van der Waals surface area contributed by atoms with Crippen LogP contribution in [0.4, 0.5) is 18.9 Å². The van der Waals surface area contributed by atoms with Gasteiger partial charge >= 0.3 is 0 Å². The maximum absolute atomic E-state index is 13.1. The van der Waals surface area contributed by atoms with Gasteiger partial charge in [-0.2, -0.15) is 0 Å². The summed E-state index contributed by atoms with van der Waals surface area (Å²) < 4.78 is 38.6. The number of anilines is 1. The summed E-state index contributed by atoms with van der Waals surface area (Å²) in [4.78, 5) is 11.3. The molecule has 0 saturated heterocycles. The second-order valence-corrected chi connectivity index (χ2v) is 3.25. The van der Waals surface area contributed by atoms with Crippen LogP contribution in [-0.2, 0) is 4.79 Å². The Morgan fingerprint density at radius 3 is 2.62 bits per heavy atom. The van der Waals surface area contributed by atoms with E-state index in [2.05, 4.69) is 0 Å². The number of hydrogen-bond acceptors (Lipinski definition) is 2. The number of benzene rings is 1. The Bertz CT molecular complexity index is 409. The number of nitrogens with one attached hydrogen (secondary N) is 1. The number of hydrogen-bond donors (Lipinski definition) is 2. The van der Waals surface area contributed by atoms with Gasteiger partial charge in [-0.1, -0.05) is 6.92 Å². The summed E-state index contributed by atoms with van der Waals surface area (Å²) in [5.41, 5.74) is 4.82. The lowest BCUT2D eigenvalue weighted by molar-refractivity contribution is -0.117. The summed E-state index contributed by atoms with van der Waals surface area (Å²) in [5, 5.41) is 2.02. The number of nitrogens with two attached hydrogens (primary N) is 1. The number of rotatable bonds is 3. The van der Waals surface area contributed by atoms with E-state index >= 15 is 0 Å². The molecular weight excluding hydrogens is 221 g/mol. The zero-order valence-electron chi connectivity index (χ0n) is 8.56. The molecule has 6 heteroatoms. The fraction of sp³-hybridized carbons (Fsp3) is 0.300. The summed E-state index contributed by atoms with van der Waals surface area (Å²) in [7, 11) is 0. The van der Waals surface area contributed by atoms with Crippen LogP contribution in [0.5, 0.6) is 0 Å². The van der Waals surface area contributed by atoms with Gasteiger partial charge in [-0.3, -0.25) is 4.79 Å². The predicted molar refractivity (Wildman–Crippen MR) is 53.2 cm³/mol. The van der Waals surface area contributed by atoms with Gasteiger partial charge in [0.2, 0.25) is 5.91 Å². The molecule has 3 N–H and O–H groups in total. The average Bonchev–Trinajstić information content (AvgIpc) is 2.23. The van der Waals surface area contributed by atoms with Crippen LogP contribution in [0.2, 0.25) is 0 Å². The fourth-order valence-electron chi connectivity index (χ4n) is 1.06. The Labute approximate surface area is 90.4 Å². The highest BCUT2D eigenvalue weighted by atomic mass is 19.2. The van der Waals surface area contributed by atoms with Gasteiger partial charge < -0.3 is 11.1 Å². The standard InChI is InChI=1S/C10H11F3N2O/c1-2-7(14)10(16)15-8-4-5(11)3-6(12)9(8)13/h3-4,7H,2,14H2,1H3,(H,15,16)/t7-/m0/s1. The Balaban J connectivity index is 2.93. The number of amides is 1. The van der Waals surface area contributed by atoms with Gasteiger partial charge in [0.15, 0.2) is 11.6 Å².